The molecule has 0 fully saturated rings. The molecule has 0 spiro atoms. The van der Waals surface area contributed by atoms with Gasteiger partial charge in [-0.15, -0.1) is 11.6 Å². The Kier molecular flexibility index (Phi) is 4.62. The van der Waals surface area contributed by atoms with E-state index in [2.05, 4.69) is 18.2 Å². The van der Waals surface area contributed by atoms with Crippen LogP contribution in [0.3, 0.4) is 0 Å². The summed E-state index contributed by atoms with van der Waals surface area (Å²) in [6.45, 7) is 9.16. The Morgan fingerprint density at radius 1 is 1.55 bits per heavy atom. The number of aliphatic imine (C=N–C) groups is 1. The lowest BCUT2D eigenvalue weighted by Crippen LogP contribution is -2.02. The number of nitrogens with zero attached hydrogens (tertiary/aromatic N) is 1. The van der Waals surface area contributed by atoms with Crippen molar-refractivity contribution in [2.24, 2.45) is 4.99 Å². The van der Waals surface area contributed by atoms with Gasteiger partial charge in [-0.25, -0.2) is 4.99 Å². The van der Waals surface area contributed by atoms with Crippen LogP contribution in [-0.4, -0.2) is 18.9 Å². The average Bonchev–Trinajstić information content (AvgIpc) is 1.99. The number of halogens is 1. The molecule has 0 N–H and O–H groups in total. The van der Waals surface area contributed by atoms with E-state index in [1.807, 2.05) is 6.92 Å². The highest BCUT2D eigenvalue weighted by molar-refractivity contribution is 6.27. The molecule has 0 atom stereocenters. The van der Waals surface area contributed by atoms with E-state index in [0.29, 0.717) is 11.6 Å². The zero-order chi connectivity index (χ0) is 8.85. The van der Waals surface area contributed by atoms with E-state index in [0.717, 1.165) is 5.57 Å². The van der Waals surface area contributed by atoms with Crippen LogP contribution in [0.25, 0.3) is 0 Å². The van der Waals surface area contributed by atoms with Crippen molar-refractivity contribution < 1.29 is 4.74 Å². The number of hydrogen-bond acceptors (Lipinski definition) is 2. The van der Waals surface area contributed by atoms with Crippen LogP contribution in [0.15, 0.2) is 29.4 Å². The fraction of sp³-hybridized carbons (Fsp3) is 0.375. The predicted molar refractivity (Wildman–Crippen MR) is 49.1 cm³/mol. The zero-order valence-corrected chi connectivity index (χ0v) is 7.61. The first-order valence-corrected chi connectivity index (χ1v) is 3.67. The fourth-order valence-corrected chi connectivity index (χ4v) is 0.545. The van der Waals surface area contributed by atoms with Gasteiger partial charge in [-0.1, -0.05) is 13.2 Å². The van der Waals surface area contributed by atoms with Gasteiger partial charge in [0, 0.05) is 0 Å². The van der Waals surface area contributed by atoms with Crippen molar-refractivity contribution >= 4 is 17.5 Å². The Morgan fingerprint density at radius 3 is 2.36 bits per heavy atom. The van der Waals surface area contributed by atoms with Crippen LogP contribution in [0.5, 0.6) is 0 Å². The molecular weight excluding hydrogens is 162 g/mol. The maximum absolute atomic E-state index is 5.49. The van der Waals surface area contributed by atoms with Gasteiger partial charge < -0.3 is 4.74 Å². The minimum atomic E-state index is 0.253. The highest BCUT2D eigenvalue weighted by Crippen LogP contribution is 2.05. The maximum atomic E-state index is 5.49. The summed E-state index contributed by atoms with van der Waals surface area (Å²) < 4.78 is 4.84. The second kappa shape index (κ2) is 4.97. The van der Waals surface area contributed by atoms with Crippen molar-refractivity contribution in [1.82, 2.24) is 0 Å². The van der Waals surface area contributed by atoms with E-state index in [1.54, 1.807) is 0 Å². The van der Waals surface area contributed by atoms with Crippen molar-refractivity contribution in [3.05, 3.63) is 24.4 Å². The Morgan fingerprint density at radius 2 is 2.09 bits per heavy atom. The first kappa shape index (κ1) is 10.2. The summed E-state index contributed by atoms with van der Waals surface area (Å²) in [5, 5.41) is 0. The molecule has 0 unspecified atom stereocenters. The fourth-order valence-electron chi connectivity index (χ4n) is 0.376. The molecule has 0 saturated heterocycles. The molecule has 62 valence electrons. The SMILES string of the molecule is C=C(C)C(=C)N=C(CCl)OC. The number of allylic oxidation sites excluding steroid dienone is 1. The standard InChI is InChI=1S/C8H12ClNO/c1-6(2)7(3)10-8(5-9)11-4/h1,3,5H2,2,4H3. The highest BCUT2D eigenvalue weighted by atomic mass is 35.5. The Labute approximate surface area is 72.2 Å². The van der Waals surface area contributed by atoms with Crippen LogP contribution in [0.4, 0.5) is 0 Å². The van der Waals surface area contributed by atoms with Crippen molar-refractivity contribution in [3.63, 3.8) is 0 Å². The molecule has 0 radical (unpaired) electrons. The molecule has 0 heterocycles. The normalized spacial score (nSPS) is 11.0. The molecule has 0 aromatic heterocycles. The molecule has 0 aliphatic carbocycles. The van der Waals surface area contributed by atoms with Gasteiger partial charge in [0.1, 0.15) is 0 Å². The Bertz CT molecular complexity index is 190. The smallest absolute Gasteiger partial charge is 0.203 e. The lowest BCUT2D eigenvalue weighted by Gasteiger charge is -2.01. The second-order valence-electron chi connectivity index (χ2n) is 2.07. The summed E-state index contributed by atoms with van der Waals surface area (Å²) in [4.78, 5) is 3.98. The number of ether oxygens (including phenoxy) is 1. The van der Waals surface area contributed by atoms with Gasteiger partial charge in [-0.2, -0.15) is 0 Å². The van der Waals surface area contributed by atoms with Crippen LogP contribution < -0.4 is 0 Å². The van der Waals surface area contributed by atoms with Crippen molar-refractivity contribution in [3.8, 4) is 0 Å². The summed E-state index contributed by atoms with van der Waals surface area (Å²) >= 11 is 5.49. The van der Waals surface area contributed by atoms with Crippen LogP contribution in [0.1, 0.15) is 6.92 Å². The van der Waals surface area contributed by atoms with Gasteiger partial charge in [-0.05, 0) is 12.5 Å². The van der Waals surface area contributed by atoms with E-state index >= 15 is 0 Å². The number of methoxy groups -OCH3 is 1. The topological polar surface area (TPSA) is 21.6 Å². The molecule has 0 amide bonds. The van der Waals surface area contributed by atoms with Crippen LogP contribution in [0.2, 0.25) is 0 Å². The zero-order valence-electron chi connectivity index (χ0n) is 6.85. The summed E-state index contributed by atoms with van der Waals surface area (Å²) in [5.74, 6) is 0.711. The van der Waals surface area contributed by atoms with Crippen molar-refractivity contribution in [1.29, 1.82) is 0 Å². The summed E-state index contributed by atoms with van der Waals surface area (Å²) in [6, 6.07) is 0. The summed E-state index contributed by atoms with van der Waals surface area (Å²) in [7, 11) is 1.52. The Balaban J connectivity index is 4.27. The molecule has 0 aromatic carbocycles. The lowest BCUT2D eigenvalue weighted by atomic mass is 10.3. The minimum absolute atomic E-state index is 0.253. The van der Waals surface area contributed by atoms with E-state index < -0.39 is 0 Å². The molecular formula is C8H12ClNO. The van der Waals surface area contributed by atoms with Crippen LogP contribution in [0, 0.1) is 0 Å². The molecule has 0 aliphatic rings. The molecule has 11 heavy (non-hydrogen) atoms. The van der Waals surface area contributed by atoms with Gasteiger partial charge >= 0.3 is 0 Å². The van der Waals surface area contributed by atoms with Gasteiger partial charge in [0.2, 0.25) is 5.90 Å². The quantitative estimate of drug-likeness (QED) is 0.278. The van der Waals surface area contributed by atoms with Crippen LogP contribution in [-0.2, 0) is 4.74 Å². The molecule has 3 heteroatoms. The lowest BCUT2D eigenvalue weighted by molar-refractivity contribution is 0.400. The molecule has 0 bridgehead atoms. The maximum Gasteiger partial charge on any atom is 0.203 e. The predicted octanol–water partition coefficient (Wildman–Crippen LogP) is 2.36. The summed E-state index contributed by atoms with van der Waals surface area (Å²) in [6.07, 6.45) is 0. The number of rotatable bonds is 3. The molecule has 0 aromatic rings. The third-order valence-corrected chi connectivity index (χ3v) is 1.33. The largest absolute Gasteiger partial charge is 0.483 e. The minimum Gasteiger partial charge on any atom is -0.483 e. The second-order valence-corrected chi connectivity index (χ2v) is 2.34. The molecule has 0 rings (SSSR count). The van der Waals surface area contributed by atoms with Crippen molar-refractivity contribution in [2.45, 2.75) is 6.92 Å². The molecule has 0 aliphatic heterocycles. The van der Waals surface area contributed by atoms with Crippen molar-refractivity contribution in [2.75, 3.05) is 13.0 Å². The van der Waals surface area contributed by atoms with E-state index in [9.17, 15) is 0 Å². The van der Waals surface area contributed by atoms with Gasteiger partial charge in [0.05, 0.1) is 18.7 Å². The van der Waals surface area contributed by atoms with E-state index in [4.69, 9.17) is 16.3 Å². The third-order valence-electron chi connectivity index (χ3n) is 1.10. The highest BCUT2D eigenvalue weighted by Gasteiger charge is 1.96. The average molecular weight is 174 g/mol. The van der Waals surface area contributed by atoms with Gasteiger partial charge in [0.15, 0.2) is 0 Å². The van der Waals surface area contributed by atoms with Gasteiger partial charge in [0.25, 0.3) is 0 Å². The van der Waals surface area contributed by atoms with Gasteiger partial charge in [-0.3, -0.25) is 0 Å². The summed E-state index contributed by atoms with van der Waals surface area (Å²) in [5.41, 5.74) is 1.41. The number of alkyl halides is 1. The first-order valence-electron chi connectivity index (χ1n) is 3.14. The molecule has 0 saturated carbocycles. The molecule has 2 nitrogen and oxygen atoms in total. The first-order chi connectivity index (χ1) is 5.11. The number of hydrogen-bond donors (Lipinski definition) is 0. The van der Waals surface area contributed by atoms with E-state index in [1.165, 1.54) is 7.11 Å². The monoisotopic (exact) mass is 173 g/mol. The van der Waals surface area contributed by atoms with Crippen LogP contribution >= 0.6 is 11.6 Å². The third kappa shape index (κ3) is 3.83. The Hall–Kier alpha value is -0.760. The van der Waals surface area contributed by atoms with E-state index in [-0.39, 0.29) is 5.88 Å².